The monoisotopic (exact) mass is 230 g/mol. The third-order valence-electron chi connectivity index (χ3n) is 3.05. The van der Waals surface area contributed by atoms with E-state index in [0.717, 1.165) is 25.7 Å². The molecule has 0 heterocycles. The zero-order chi connectivity index (χ0) is 12.0. The predicted molar refractivity (Wildman–Crippen MR) is 60.0 cm³/mol. The lowest BCUT2D eigenvalue weighted by Gasteiger charge is -2.35. The Labute approximate surface area is 96.9 Å². The number of carbonyl (C=O) groups excluding carboxylic acids is 1. The van der Waals surface area contributed by atoms with Crippen molar-refractivity contribution in [3.05, 3.63) is 0 Å². The second-order valence-electron chi connectivity index (χ2n) is 4.86. The van der Waals surface area contributed by atoms with Gasteiger partial charge in [0.2, 0.25) is 0 Å². The van der Waals surface area contributed by atoms with Crippen LogP contribution < -0.4 is 0 Å². The van der Waals surface area contributed by atoms with Gasteiger partial charge in [-0.3, -0.25) is 0 Å². The summed E-state index contributed by atoms with van der Waals surface area (Å²) in [6.45, 7) is 4.83. The Morgan fingerprint density at radius 3 is 2.94 bits per heavy atom. The quantitative estimate of drug-likeness (QED) is 0.727. The van der Waals surface area contributed by atoms with Crippen LogP contribution in [0.2, 0.25) is 0 Å². The molecule has 0 aromatic carbocycles. The summed E-state index contributed by atoms with van der Waals surface area (Å²) in [5.41, 5.74) is -0.0699. The van der Waals surface area contributed by atoms with E-state index in [4.69, 9.17) is 9.47 Å². The van der Waals surface area contributed by atoms with Gasteiger partial charge in [-0.05, 0) is 26.2 Å². The second kappa shape index (κ2) is 6.21. The van der Waals surface area contributed by atoms with Crippen molar-refractivity contribution >= 4 is 5.97 Å². The van der Waals surface area contributed by atoms with Gasteiger partial charge >= 0.3 is 5.97 Å². The van der Waals surface area contributed by atoms with Crippen molar-refractivity contribution in [3.63, 3.8) is 0 Å². The van der Waals surface area contributed by atoms with Crippen molar-refractivity contribution in [2.75, 3.05) is 19.8 Å². The summed E-state index contributed by atoms with van der Waals surface area (Å²) in [6.07, 6.45) is 3.34. The first-order valence-electron chi connectivity index (χ1n) is 5.97. The maximum absolute atomic E-state index is 11.3. The molecule has 0 radical (unpaired) electrons. The van der Waals surface area contributed by atoms with Crippen LogP contribution >= 0.6 is 0 Å². The first kappa shape index (κ1) is 13.5. The van der Waals surface area contributed by atoms with E-state index in [9.17, 15) is 9.90 Å². The lowest BCUT2D eigenvalue weighted by atomic mass is 9.75. The molecule has 0 spiro atoms. The van der Waals surface area contributed by atoms with Crippen molar-refractivity contribution in [3.8, 4) is 0 Å². The van der Waals surface area contributed by atoms with Gasteiger partial charge in [0.25, 0.3) is 0 Å². The zero-order valence-corrected chi connectivity index (χ0v) is 10.2. The number of rotatable bonds is 5. The summed E-state index contributed by atoms with van der Waals surface area (Å²) in [6, 6.07) is 0. The Bertz CT molecular complexity index is 229. The minimum atomic E-state index is -0.317. The van der Waals surface area contributed by atoms with Crippen molar-refractivity contribution in [2.45, 2.75) is 45.6 Å². The van der Waals surface area contributed by atoms with Gasteiger partial charge in [0.15, 0.2) is 0 Å². The summed E-state index contributed by atoms with van der Waals surface area (Å²) in [5, 5.41) is 9.59. The molecule has 1 rings (SSSR count). The molecule has 94 valence electrons. The molecular formula is C12H22O4. The van der Waals surface area contributed by atoms with Gasteiger partial charge in [0, 0.05) is 12.0 Å². The first-order valence-corrected chi connectivity index (χ1v) is 5.97. The molecule has 1 fully saturated rings. The molecule has 2 unspecified atom stereocenters. The van der Waals surface area contributed by atoms with Crippen molar-refractivity contribution < 1.29 is 19.4 Å². The Morgan fingerprint density at radius 1 is 1.56 bits per heavy atom. The minimum absolute atomic E-state index is 0.0229. The van der Waals surface area contributed by atoms with Crippen molar-refractivity contribution in [1.82, 2.24) is 0 Å². The molecule has 0 aromatic rings. The summed E-state index contributed by atoms with van der Waals surface area (Å²) < 4.78 is 10.1. The molecule has 0 amide bonds. The SMILES string of the molecule is CCOCC(=O)OCC1(C)CCCC(O)C1. The third-order valence-corrected chi connectivity index (χ3v) is 3.05. The standard InChI is InChI=1S/C12H22O4/c1-3-15-8-11(14)16-9-12(2)6-4-5-10(13)7-12/h10,13H,3-9H2,1-2H3. The smallest absolute Gasteiger partial charge is 0.332 e. The molecule has 1 N–H and O–H groups in total. The lowest BCUT2D eigenvalue weighted by molar-refractivity contribution is -0.153. The Morgan fingerprint density at radius 2 is 2.31 bits per heavy atom. The summed E-state index contributed by atoms with van der Waals surface area (Å²) in [5.74, 6) is -0.317. The van der Waals surface area contributed by atoms with Crippen molar-refractivity contribution in [1.29, 1.82) is 0 Å². The summed E-state index contributed by atoms with van der Waals surface area (Å²) in [7, 11) is 0. The van der Waals surface area contributed by atoms with Crippen LogP contribution in [0, 0.1) is 5.41 Å². The maximum atomic E-state index is 11.3. The average Bonchev–Trinajstić information content (AvgIpc) is 2.23. The van der Waals surface area contributed by atoms with Crippen LogP contribution in [0.1, 0.15) is 39.5 Å². The molecule has 0 saturated heterocycles. The number of aliphatic hydroxyl groups is 1. The Balaban J connectivity index is 2.27. The fourth-order valence-corrected chi connectivity index (χ4v) is 2.15. The lowest BCUT2D eigenvalue weighted by Crippen LogP contribution is -2.34. The van der Waals surface area contributed by atoms with Gasteiger partial charge in [-0.1, -0.05) is 13.3 Å². The first-order chi connectivity index (χ1) is 7.56. The second-order valence-corrected chi connectivity index (χ2v) is 4.86. The van der Waals surface area contributed by atoms with Crippen LogP contribution in [-0.2, 0) is 14.3 Å². The predicted octanol–water partition coefficient (Wildman–Crippen LogP) is 1.51. The van der Waals surface area contributed by atoms with Gasteiger partial charge in [-0.15, -0.1) is 0 Å². The highest BCUT2D eigenvalue weighted by atomic mass is 16.6. The topological polar surface area (TPSA) is 55.8 Å². The van der Waals surface area contributed by atoms with Crippen LogP contribution in [0.3, 0.4) is 0 Å². The minimum Gasteiger partial charge on any atom is -0.463 e. The molecule has 16 heavy (non-hydrogen) atoms. The molecule has 2 atom stereocenters. The number of ether oxygens (including phenoxy) is 2. The van der Waals surface area contributed by atoms with E-state index in [1.165, 1.54) is 0 Å². The number of hydrogen-bond donors (Lipinski definition) is 1. The van der Waals surface area contributed by atoms with Crippen LogP contribution in [0.5, 0.6) is 0 Å². The molecular weight excluding hydrogens is 208 g/mol. The highest BCUT2D eigenvalue weighted by molar-refractivity contribution is 5.70. The molecule has 0 aliphatic heterocycles. The molecule has 1 saturated carbocycles. The van der Waals surface area contributed by atoms with Crippen LogP contribution in [0.25, 0.3) is 0 Å². The van der Waals surface area contributed by atoms with Gasteiger partial charge in [0.05, 0.1) is 12.7 Å². The van der Waals surface area contributed by atoms with Crippen LogP contribution in [0.15, 0.2) is 0 Å². The number of esters is 1. The highest BCUT2D eigenvalue weighted by Gasteiger charge is 2.32. The van der Waals surface area contributed by atoms with Crippen LogP contribution in [0.4, 0.5) is 0 Å². The van der Waals surface area contributed by atoms with Gasteiger partial charge in [-0.2, -0.15) is 0 Å². The third kappa shape index (κ3) is 4.49. The van der Waals surface area contributed by atoms with Gasteiger partial charge in [-0.25, -0.2) is 4.79 Å². The number of aliphatic hydroxyl groups excluding tert-OH is 1. The van der Waals surface area contributed by atoms with E-state index in [1.54, 1.807) is 0 Å². The van der Waals surface area contributed by atoms with E-state index in [2.05, 4.69) is 6.92 Å². The fourth-order valence-electron chi connectivity index (χ4n) is 2.15. The fraction of sp³-hybridized carbons (Fsp3) is 0.917. The van der Waals surface area contributed by atoms with Crippen LogP contribution in [-0.4, -0.2) is 37.0 Å². The van der Waals surface area contributed by atoms with Crippen molar-refractivity contribution in [2.24, 2.45) is 5.41 Å². The molecule has 0 aromatic heterocycles. The van der Waals surface area contributed by atoms with E-state index < -0.39 is 0 Å². The molecule has 4 heteroatoms. The Hall–Kier alpha value is -0.610. The summed E-state index contributed by atoms with van der Waals surface area (Å²) in [4.78, 5) is 11.3. The number of carbonyl (C=O) groups is 1. The average molecular weight is 230 g/mol. The molecule has 1 aliphatic carbocycles. The van der Waals surface area contributed by atoms with Gasteiger partial charge in [0.1, 0.15) is 6.61 Å². The number of hydrogen-bond acceptors (Lipinski definition) is 4. The van der Waals surface area contributed by atoms with E-state index in [1.807, 2.05) is 6.92 Å². The zero-order valence-electron chi connectivity index (χ0n) is 10.2. The highest BCUT2D eigenvalue weighted by Crippen LogP contribution is 2.36. The summed E-state index contributed by atoms with van der Waals surface area (Å²) >= 11 is 0. The largest absolute Gasteiger partial charge is 0.463 e. The van der Waals surface area contributed by atoms with E-state index in [-0.39, 0.29) is 24.1 Å². The maximum Gasteiger partial charge on any atom is 0.332 e. The Kier molecular flexibility index (Phi) is 5.22. The molecule has 1 aliphatic rings. The normalized spacial score (nSPS) is 30.1. The molecule has 0 bridgehead atoms. The van der Waals surface area contributed by atoms with E-state index in [0.29, 0.717) is 13.2 Å². The molecule has 4 nitrogen and oxygen atoms in total. The van der Waals surface area contributed by atoms with Gasteiger partial charge < -0.3 is 14.6 Å². The van der Waals surface area contributed by atoms with E-state index >= 15 is 0 Å².